The summed E-state index contributed by atoms with van der Waals surface area (Å²) in [6, 6.07) is 5.84. The summed E-state index contributed by atoms with van der Waals surface area (Å²) in [5.74, 6) is 0.804. The zero-order valence-corrected chi connectivity index (χ0v) is 15.8. The SMILES string of the molecule is CN(C)[C@H](CNc1c(N2CCN(CCC#N)CC2)c(=O)c1=O)c1ccco1. The van der Waals surface area contributed by atoms with E-state index in [-0.39, 0.29) is 6.04 Å². The normalized spacial score (nSPS) is 16.6. The molecule has 1 N–H and O–H groups in total. The van der Waals surface area contributed by atoms with E-state index in [1.54, 1.807) is 6.26 Å². The maximum absolute atomic E-state index is 12.2. The first kappa shape index (κ1) is 19.1. The van der Waals surface area contributed by atoms with Gasteiger partial charge in [0.1, 0.15) is 17.1 Å². The summed E-state index contributed by atoms with van der Waals surface area (Å²) < 4.78 is 5.49. The van der Waals surface area contributed by atoms with Crippen LogP contribution in [0.15, 0.2) is 32.4 Å². The molecule has 0 amide bonds. The second kappa shape index (κ2) is 8.37. The van der Waals surface area contributed by atoms with Crippen LogP contribution in [0.3, 0.4) is 0 Å². The predicted molar refractivity (Wildman–Crippen MR) is 104 cm³/mol. The van der Waals surface area contributed by atoms with Gasteiger partial charge in [0.05, 0.1) is 18.4 Å². The third-order valence-electron chi connectivity index (χ3n) is 5.08. The first-order valence-corrected chi connectivity index (χ1v) is 9.14. The number of nitrogens with zero attached hydrogens (tertiary/aromatic N) is 4. The fourth-order valence-electron chi connectivity index (χ4n) is 3.47. The number of nitriles is 1. The van der Waals surface area contributed by atoms with Crippen LogP contribution in [0.2, 0.25) is 0 Å². The molecule has 2 heterocycles. The van der Waals surface area contributed by atoms with Crippen LogP contribution in [0.4, 0.5) is 11.4 Å². The Balaban J connectivity index is 1.65. The number of nitrogens with one attached hydrogen (secondary N) is 1. The summed E-state index contributed by atoms with van der Waals surface area (Å²) in [5, 5.41) is 11.9. The molecule has 0 bridgehead atoms. The first-order chi connectivity index (χ1) is 13.0. The fraction of sp³-hybridized carbons (Fsp3) is 0.526. The molecule has 0 radical (unpaired) electrons. The molecule has 8 heteroatoms. The van der Waals surface area contributed by atoms with Crippen molar-refractivity contribution in [2.45, 2.75) is 12.5 Å². The molecular weight excluding hydrogens is 346 g/mol. The van der Waals surface area contributed by atoms with Gasteiger partial charge in [-0.15, -0.1) is 0 Å². The van der Waals surface area contributed by atoms with E-state index in [0.29, 0.717) is 37.4 Å². The average Bonchev–Trinajstić information content (AvgIpc) is 3.20. The molecule has 144 valence electrons. The van der Waals surface area contributed by atoms with Crippen LogP contribution in [-0.2, 0) is 0 Å². The maximum atomic E-state index is 12.2. The monoisotopic (exact) mass is 371 g/mol. The van der Waals surface area contributed by atoms with E-state index in [2.05, 4.69) is 16.3 Å². The van der Waals surface area contributed by atoms with Gasteiger partial charge in [0.15, 0.2) is 0 Å². The van der Waals surface area contributed by atoms with Gasteiger partial charge >= 0.3 is 0 Å². The van der Waals surface area contributed by atoms with E-state index in [0.717, 1.165) is 25.4 Å². The summed E-state index contributed by atoms with van der Waals surface area (Å²) in [7, 11) is 3.89. The molecule has 0 spiro atoms. The molecule has 1 aromatic carbocycles. The van der Waals surface area contributed by atoms with Crippen LogP contribution in [-0.4, -0.2) is 63.2 Å². The van der Waals surface area contributed by atoms with Gasteiger partial charge in [-0.05, 0) is 26.2 Å². The van der Waals surface area contributed by atoms with Crippen LogP contribution >= 0.6 is 0 Å². The number of anilines is 2. The molecule has 0 unspecified atom stereocenters. The van der Waals surface area contributed by atoms with Gasteiger partial charge in [-0.3, -0.25) is 19.4 Å². The number of piperazine rings is 1. The molecule has 1 aromatic heterocycles. The second-order valence-electron chi connectivity index (χ2n) is 6.99. The van der Waals surface area contributed by atoms with Crippen molar-refractivity contribution in [2.75, 3.05) is 63.6 Å². The van der Waals surface area contributed by atoms with E-state index < -0.39 is 10.9 Å². The Morgan fingerprint density at radius 1 is 1.26 bits per heavy atom. The zero-order chi connectivity index (χ0) is 19.4. The number of hydrogen-bond donors (Lipinski definition) is 1. The summed E-state index contributed by atoms with van der Waals surface area (Å²) in [5.41, 5.74) is 0.0389. The van der Waals surface area contributed by atoms with E-state index in [1.807, 2.05) is 36.0 Å². The third-order valence-corrected chi connectivity index (χ3v) is 5.08. The Bertz CT molecular complexity index is 853. The van der Waals surface area contributed by atoms with Gasteiger partial charge in [-0.1, -0.05) is 0 Å². The lowest BCUT2D eigenvalue weighted by Crippen LogP contribution is -2.51. The summed E-state index contributed by atoms with van der Waals surface area (Å²) >= 11 is 0. The highest BCUT2D eigenvalue weighted by atomic mass is 16.3. The number of likely N-dealkylation sites (N-methyl/N-ethyl adjacent to an activating group) is 1. The summed E-state index contributed by atoms with van der Waals surface area (Å²) in [4.78, 5) is 30.5. The first-order valence-electron chi connectivity index (χ1n) is 9.14. The predicted octanol–water partition coefficient (Wildman–Crippen LogP) is 0.626. The quantitative estimate of drug-likeness (QED) is 0.676. The van der Waals surface area contributed by atoms with Crippen molar-refractivity contribution in [1.29, 1.82) is 5.26 Å². The molecule has 3 rings (SSSR count). The van der Waals surface area contributed by atoms with E-state index >= 15 is 0 Å². The highest BCUT2D eigenvalue weighted by molar-refractivity contribution is 5.75. The molecule has 1 aliphatic heterocycles. The minimum absolute atomic E-state index is 0.0416. The van der Waals surface area contributed by atoms with Crippen molar-refractivity contribution in [3.05, 3.63) is 44.6 Å². The topological polar surface area (TPSA) is 92.8 Å². The molecular formula is C19H25N5O3. The molecule has 0 saturated carbocycles. The Morgan fingerprint density at radius 3 is 2.59 bits per heavy atom. The fourth-order valence-corrected chi connectivity index (χ4v) is 3.47. The zero-order valence-electron chi connectivity index (χ0n) is 15.8. The third kappa shape index (κ3) is 4.04. The molecule has 1 saturated heterocycles. The number of furan rings is 1. The van der Waals surface area contributed by atoms with Gasteiger partial charge in [-0.25, -0.2) is 0 Å². The molecule has 8 nitrogen and oxygen atoms in total. The minimum atomic E-state index is -0.450. The van der Waals surface area contributed by atoms with Gasteiger partial charge in [0.2, 0.25) is 0 Å². The largest absolute Gasteiger partial charge is 0.468 e. The molecule has 2 aromatic rings. The van der Waals surface area contributed by atoms with Crippen LogP contribution in [0, 0.1) is 11.3 Å². The van der Waals surface area contributed by atoms with Crippen molar-refractivity contribution in [1.82, 2.24) is 9.80 Å². The minimum Gasteiger partial charge on any atom is -0.468 e. The van der Waals surface area contributed by atoms with E-state index in [1.165, 1.54) is 0 Å². The highest BCUT2D eigenvalue weighted by Gasteiger charge is 2.29. The lowest BCUT2D eigenvalue weighted by Gasteiger charge is -2.37. The lowest BCUT2D eigenvalue weighted by molar-refractivity contribution is 0.263. The van der Waals surface area contributed by atoms with Crippen molar-refractivity contribution in [3.8, 4) is 6.07 Å². The molecule has 1 aliphatic rings. The maximum Gasteiger partial charge on any atom is 0.253 e. The number of rotatable bonds is 8. The second-order valence-corrected chi connectivity index (χ2v) is 6.99. The van der Waals surface area contributed by atoms with Gasteiger partial charge in [0.25, 0.3) is 10.9 Å². The Kier molecular flexibility index (Phi) is 5.94. The van der Waals surface area contributed by atoms with Crippen molar-refractivity contribution in [3.63, 3.8) is 0 Å². The number of hydrogen-bond acceptors (Lipinski definition) is 8. The molecule has 1 atom stereocenters. The molecule has 27 heavy (non-hydrogen) atoms. The molecule has 0 aliphatic carbocycles. The van der Waals surface area contributed by atoms with Crippen molar-refractivity contribution >= 4 is 11.4 Å². The smallest absolute Gasteiger partial charge is 0.253 e. The van der Waals surface area contributed by atoms with E-state index in [4.69, 9.17) is 9.68 Å². The summed E-state index contributed by atoms with van der Waals surface area (Å²) in [6.07, 6.45) is 2.13. The van der Waals surface area contributed by atoms with Crippen molar-refractivity contribution < 1.29 is 4.42 Å². The highest BCUT2D eigenvalue weighted by Crippen LogP contribution is 2.24. The van der Waals surface area contributed by atoms with Crippen LogP contribution < -0.4 is 21.1 Å². The van der Waals surface area contributed by atoms with Gasteiger partial charge in [-0.2, -0.15) is 5.26 Å². The van der Waals surface area contributed by atoms with Crippen LogP contribution in [0.25, 0.3) is 0 Å². The van der Waals surface area contributed by atoms with Gasteiger partial charge < -0.3 is 14.6 Å². The Labute approximate surface area is 158 Å². The van der Waals surface area contributed by atoms with Crippen molar-refractivity contribution in [2.24, 2.45) is 0 Å². The lowest BCUT2D eigenvalue weighted by atomic mass is 10.1. The Morgan fingerprint density at radius 2 is 2.00 bits per heavy atom. The van der Waals surface area contributed by atoms with E-state index in [9.17, 15) is 9.59 Å². The summed E-state index contributed by atoms with van der Waals surface area (Å²) in [6.45, 7) is 4.15. The average molecular weight is 371 g/mol. The van der Waals surface area contributed by atoms with Gasteiger partial charge in [0, 0.05) is 45.7 Å². The standard InChI is InChI=1S/C19H25N5O3/c1-22(2)14(15-5-3-12-27-15)13-21-16-17(19(26)18(16)25)24-10-8-23(9-11-24)7-4-6-20/h3,5,12,14,21H,4,7-11,13H2,1-2H3/t14-/m1/s1. The molecule has 1 fully saturated rings. The Hall–Kier alpha value is -2.63. The van der Waals surface area contributed by atoms with Crippen LogP contribution in [0.5, 0.6) is 0 Å². The van der Waals surface area contributed by atoms with Crippen LogP contribution in [0.1, 0.15) is 18.2 Å².